The molecule has 2 heteroatoms. The Morgan fingerprint density at radius 2 is 0.724 bits per heavy atom. The Morgan fingerprint density at radius 1 is 0.276 bits per heavy atom. The maximum Gasteiger partial charge on any atom is 0.0546 e. The Kier molecular flexibility index (Phi) is 8.19. The van der Waals surface area contributed by atoms with Crippen molar-refractivity contribution in [3.05, 3.63) is 231 Å². The van der Waals surface area contributed by atoms with Crippen LogP contribution in [0.15, 0.2) is 231 Å². The van der Waals surface area contributed by atoms with Gasteiger partial charge in [0.05, 0.1) is 16.7 Å². The lowest BCUT2D eigenvalue weighted by molar-refractivity contribution is 1.18. The number of anilines is 3. The van der Waals surface area contributed by atoms with Crippen LogP contribution in [0, 0.1) is 0 Å². The summed E-state index contributed by atoms with van der Waals surface area (Å²) in [6.07, 6.45) is 0. The van der Waals surface area contributed by atoms with Crippen molar-refractivity contribution >= 4 is 60.4 Å². The van der Waals surface area contributed by atoms with Crippen LogP contribution in [0.25, 0.3) is 82.4 Å². The van der Waals surface area contributed by atoms with Crippen molar-refractivity contribution < 1.29 is 0 Å². The summed E-state index contributed by atoms with van der Waals surface area (Å²) in [4.78, 5) is 2.40. The molecule has 0 N–H and O–H groups in total. The largest absolute Gasteiger partial charge is 0.310 e. The fraction of sp³-hybridized carbons (Fsp3) is 0. The van der Waals surface area contributed by atoms with Crippen LogP contribution >= 0.6 is 0 Å². The van der Waals surface area contributed by atoms with E-state index in [1.54, 1.807) is 0 Å². The van der Waals surface area contributed by atoms with Gasteiger partial charge in [0, 0.05) is 33.2 Å². The average Bonchev–Trinajstić information content (AvgIpc) is 3.64. The second kappa shape index (κ2) is 14.1. The van der Waals surface area contributed by atoms with Crippen LogP contribution in [0.1, 0.15) is 0 Å². The lowest BCUT2D eigenvalue weighted by Gasteiger charge is -2.28. The van der Waals surface area contributed by atoms with Gasteiger partial charge >= 0.3 is 0 Å². The van der Waals surface area contributed by atoms with Crippen molar-refractivity contribution in [2.75, 3.05) is 4.90 Å². The molecule has 1 aromatic heterocycles. The molecule has 0 aliphatic carbocycles. The standard InChI is InChI=1S/C56H38N2/c1-3-13-39(14-4-1)41-27-32-47(33-28-41)57(56-38-45-15-7-8-18-49(45)50-19-9-10-20-51(50)56)48-34-29-42(30-35-48)40-23-25-43(26-24-40)44-31-36-55-53(37-44)52-21-11-12-22-54(52)58(55)46-16-5-2-6-17-46/h1-38H. The molecule has 11 rings (SSSR count). The van der Waals surface area contributed by atoms with Gasteiger partial charge in [-0.3, -0.25) is 0 Å². The molecule has 11 aromatic rings. The number of fused-ring (bicyclic) bond motifs is 6. The van der Waals surface area contributed by atoms with Crippen LogP contribution in [0.5, 0.6) is 0 Å². The van der Waals surface area contributed by atoms with Crippen LogP contribution in [0.4, 0.5) is 17.1 Å². The topological polar surface area (TPSA) is 8.17 Å². The van der Waals surface area contributed by atoms with Crippen molar-refractivity contribution in [1.29, 1.82) is 0 Å². The van der Waals surface area contributed by atoms with Gasteiger partial charge in [-0.25, -0.2) is 0 Å². The number of benzene rings is 10. The van der Waals surface area contributed by atoms with E-state index in [4.69, 9.17) is 0 Å². The fourth-order valence-electron chi connectivity index (χ4n) is 8.75. The van der Waals surface area contributed by atoms with E-state index >= 15 is 0 Å². The Morgan fingerprint density at radius 3 is 1.38 bits per heavy atom. The van der Waals surface area contributed by atoms with E-state index in [9.17, 15) is 0 Å². The minimum Gasteiger partial charge on any atom is -0.310 e. The van der Waals surface area contributed by atoms with Gasteiger partial charge in [-0.15, -0.1) is 0 Å². The number of hydrogen-bond acceptors (Lipinski definition) is 1. The molecule has 10 aromatic carbocycles. The third-order valence-corrected chi connectivity index (χ3v) is 11.6. The van der Waals surface area contributed by atoms with Gasteiger partial charge < -0.3 is 9.47 Å². The first-order valence-corrected chi connectivity index (χ1v) is 19.9. The normalized spacial score (nSPS) is 11.4. The molecule has 272 valence electrons. The van der Waals surface area contributed by atoms with Gasteiger partial charge in [0.2, 0.25) is 0 Å². The van der Waals surface area contributed by atoms with Gasteiger partial charge in [0.25, 0.3) is 0 Å². The first-order chi connectivity index (χ1) is 28.8. The molecule has 58 heavy (non-hydrogen) atoms. The Labute approximate surface area is 338 Å². The molecule has 0 aliphatic heterocycles. The maximum absolute atomic E-state index is 2.40. The van der Waals surface area contributed by atoms with Crippen molar-refractivity contribution in [2.24, 2.45) is 0 Å². The Hall–Kier alpha value is -7.68. The molecule has 0 fully saturated rings. The van der Waals surface area contributed by atoms with E-state index in [-0.39, 0.29) is 0 Å². The summed E-state index contributed by atoms with van der Waals surface area (Å²) in [5, 5.41) is 7.47. The predicted octanol–water partition coefficient (Wildman–Crippen LogP) is 15.6. The molecule has 1 heterocycles. The van der Waals surface area contributed by atoms with E-state index in [1.807, 2.05) is 0 Å². The number of nitrogens with zero attached hydrogens (tertiary/aromatic N) is 2. The highest BCUT2D eigenvalue weighted by Crippen LogP contribution is 2.43. The molecule has 0 saturated carbocycles. The van der Waals surface area contributed by atoms with Crippen LogP contribution in [-0.2, 0) is 0 Å². The van der Waals surface area contributed by atoms with Crippen molar-refractivity contribution in [3.8, 4) is 39.1 Å². The molecule has 0 radical (unpaired) electrons. The molecule has 0 bridgehead atoms. The van der Waals surface area contributed by atoms with Crippen LogP contribution < -0.4 is 4.90 Å². The quantitative estimate of drug-likeness (QED) is 0.148. The fourth-order valence-corrected chi connectivity index (χ4v) is 8.75. The zero-order valence-electron chi connectivity index (χ0n) is 31.8. The predicted molar refractivity (Wildman–Crippen MR) is 247 cm³/mol. The van der Waals surface area contributed by atoms with Crippen LogP contribution in [0.3, 0.4) is 0 Å². The van der Waals surface area contributed by atoms with Crippen molar-refractivity contribution in [1.82, 2.24) is 4.57 Å². The second-order valence-corrected chi connectivity index (χ2v) is 15.0. The summed E-state index contributed by atoms with van der Waals surface area (Å²) in [7, 11) is 0. The smallest absolute Gasteiger partial charge is 0.0546 e. The van der Waals surface area contributed by atoms with Gasteiger partial charge in [-0.2, -0.15) is 0 Å². The zero-order chi connectivity index (χ0) is 38.4. The lowest BCUT2D eigenvalue weighted by Crippen LogP contribution is -2.10. The van der Waals surface area contributed by atoms with Gasteiger partial charge in [0.15, 0.2) is 0 Å². The van der Waals surface area contributed by atoms with Gasteiger partial charge in [0.1, 0.15) is 0 Å². The molecule has 0 spiro atoms. The molecular weight excluding hydrogens is 701 g/mol. The highest BCUT2D eigenvalue weighted by atomic mass is 15.1. The first kappa shape index (κ1) is 33.6. The van der Waals surface area contributed by atoms with Crippen molar-refractivity contribution in [3.63, 3.8) is 0 Å². The minimum absolute atomic E-state index is 1.11. The highest BCUT2D eigenvalue weighted by molar-refractivity contribution is 6.15. The molecule has 0 saturated heterocycles. The van der Waals surface area contributed by atoms with E-state index in [0.29, 0.717) is 0 Å². The Bertz CT molecular complexity index is 3230. The lowest BCUT2D eigenvalue weighted by atomic mass is 9.97. The van der Waals surface area contributed by atoms with E-state index in [1.165, 1.54) is 82.4 Å². The molecule has 0 aliphatic rings. The zero-order valence-corrected chi connectivity index (χ0v) is 31.8. The van der Waals surface area contributed by atoms with Gasteiger partial charge in [-0.05, 0) is 110 Å². The number of aromatic nitrogens is 1. The summed E-state index contributed by atoms with van der Waals surface area (Å²) < 4.78 is 2.37. The maximum atomic E-state index is 2.40. The van der Waals surface area contributed by atoms with Crippen LogP contribution in [-0.4, -0.2) is 4.57 Å². The Balaban J connectivity index is 0.959. The van der Waals surface area contributed by atoms with E-state index < -0.39 is 0 Å². The third kappa shape index (κ3) is 5.82. The van der Waals surface area contributed by atoms with Crippen molar-refractivity contribution in [2.45, 2.75) is 0 Å². The highest BCUT2D eigenvalue weighted by Gasteiger charge is 2.18. The molecule has 0 unspecified atom stereocenters. The van der Waals surface area contributed by atoms with E-state index in [2.05, 4.69) is 240 Å². The summed E-state index contributed by atoms with van der Waals surface area (Å²) in [6, 6.07) is 83.6. The number of para-hydroxylation sites is 2. The molecule has 0 atom stereocenters. The van der Waals surface area contributed by atoms with Crippen LogP contribution in [0.2, 0.25) is 0 Å². The SMILES string of the molecule is c1ccc(-c2ccc(N(c3ccc(-c4ccc(-c5ccc6c(c5)c5ccccc5n6-c5ccccc5)cc4)cc3)c3cc4ccccc4c4ccccc34)cc2)cc1. The van der Waals surface area contributed by atoms with E-state index in [0.717, 1.165) is 17.1 Å². The first-order valence-electron chi connectivity index (χ1n) is 19.9. The summed E-state index contributed by atoms with van der Waals surface area (Å²) in [5.41, 5.74) is 14.2. The monoisotopic (exact) mass is 738 g/mol. The average molecular weight is 739 g/mol. The molecule has 0 amide bonds. The summed E-state index contributed by atoms with van der Waals surface area (Å²) >= 11 is 0. The third-order valence-electron chi connectivity index (χ3n) is 11.6. The second-order valence-electron chi connectivity index (χ2n) is 15.0. The molecule has 2 nitrogen and oxygen atoms in total. The summed E-state index contributed by atoms with van der Waals surface area (Å²) in [5.74, 6) is 0. The summed E-state index contributed by atoms with van der Waals surface area (Å²) in [6.45, 7) is 0. The minimum atomic E-state index is 1.11. The van der Waals surface area contributed by atoms with Gasteiger partial charge in [-0.1, -0.05) is 170 Å². The number of hydrogen-bond donors (Lipinski definition) is 0. The molecular formula is C56H38N2. The number of rotatable bonds is 7.